The van der Waals surface area contributed by atoms with Crippen LogP contribution in [-0.2, 0) is 35.2 Å². The first kappa shape index (κ1) is 17.0. The predicted octanol–water partition coefficient (Wildman–Crippen LogP) is -0.168. The van der Waals surface area contributed by atoms with Crippen molar-refractivity contribution in [2.24, 2.45) is 0 Å². The van der Waals surface area contributed by atoms with Crippen molar-refractivity contribution < 1.29 is 33.8 Å². The summed E-state index contributed by atoms with van der Waals surface area (Å²) in [5.74, 6) is 0. The van der Waals surface area contributed by atoms with Crippen molar-refractivity contribution in [2.75, 3.05) is 5.32 Å². The molecule has 114 valence electrons. The second kappa shape index (κ2) is 6.15. The maximum atomic E-state index is 11.7. The minimum Gasteiger partial charge on any atom is -0.771 e. The Morgan fingerprint density at radius 2 is 1.85 bits per heavy atom. The largest absolute Gasteiger partial charge is 0.771 e. The van der Waals surface area contributed by atoms with E-state index in [0.29, 0.717) is 0 Å². The van der Waals surface area contributed by atoms with Gasteiger partial charge in [0.05, 0.1) is 11.1 Å². The van der Waals surface area contributed by atoms with Crippen LogP contribution >= 0.6 is 0 Å². The van der Waals surface area contributed by atoms with Crippen LogP contribution in [0.3, 0.4) is 0 Å². The highest BCUT2D eigenvalue weighted by Crippen LogP contribution is 2.24. The van der Waals surface area contributed by atoms with Crippen LogP contribution < -0.4 is 5.32 Å². The first-order valence-electron chi connectivity index (χ1n) is 4.90. The van der Waals surface area contributed by atoms with E-state index in [9.17, 15) is 25.6 Å². The fourth-order valence-electron chi connectivity index (χ4n) is 1.22. The van der Waals surface area contributed by atoms with Crippen LogP contribution in [0.5, 0.6) is 0 Å². The lowest BCUT2D eigenvalue weighted by Gasteiger charge is -2.19. The molecule has 1 aromatic rings. The van der Waals surface area contributed by atoms with Crippen LogP contribution in [0.4, 0.5) is 5.69 Å². The summed E-state index contributed by atoms with van der Waals surface area (Å²) in [4.78, 5) is -0.630. The third kappa shape index (κ3) is 4.81. The van der Waals surface area contributed by atoms with E-state index in [-0.39, 0.29) is 5.69 Å². The first-order chi connectivity index (χ1) is 9.03. The van der Waals surface area contributed by atoms with Crippen LogP contribution in [-0.4, -0.2) is 35.5 Å². The van der Waals surface area contributed by atoms with Crippen molar-refractivity contribution in [3.8, 4) is 0 Å². The lowest BCUT2D eigenvalue weighted by atomic mass is 10.3. The zero-order chi connectivity index (χ0) is 15.6. The van der Waals surface area contributed by atoms with Crippen LogP contribution in [0, 0.1) is 0 Å². The highest BCUT2D eigenvalue weighted by atomic mass is 32.3. The number of nitrogens with one attached hydrogen (secondary N) is 1. The van der Waals surface area contributed by atoms with Gasteiger partial charge in [0.2, 0.25) is 0 Å². The Kier molecular flexibility index (Phi) is 5.23. The molecular weight excluding hydrogens is 334 g/mol. The van der Waals surface area contributed by atoms with Crippen LogP contribution in [0.2, 0.25) is 0 Å². The summed E-state index contributed by atoms with van der Waals surface area (Å²) < 4.78 is 77.8. The quantitative estimate of drug-likeness (QED) is 0.529. The molecule has 0 bridgehead atoms. The fourth-order valence-corrected chi connectivity index (χ4v) is 3.28. The van der Waals surface area contributed by atoms with Crippen molar-refractivity contribution in [3.63, 3.8) is 0 Å². The standard InChI is InChI=1S/C8H11NO8S3/c1-6(18(10)11)9-7-4-2-3-5-8(7)19(12,13)17-20(14,15)16/h2-6,9H,1H3,(H,10,11)(H,14,15,16)/p-1. The van der Waals surface area contributed by atoms with E-state index in [1.165, 1.54) is 25.1 Å². The van der Waals surface area contributed by atoms with Crippen LogP contribution in [0.15, 0.2) is 29.2 Å². The van der Waals surface area contributed by atoms with E-state index >= 15 is 0 Å². The maximum absolute atomic E-state index is 11.7. The molecule has 1 rings (SSSR count). The number of anilines is 1. The summed E-state index contributed by atoms with van der Waals surface area (Å²) in [5.41, 5.74) is -0.187. The Morgan fingerprint density at radius 1 is 1.30 bits per heavy atom. The Balaban J connectivity index is 3.23. The molecule has 0 amide bonds. The third-order valence-electron chi connectivity index (χ3n) is 1.98. The first-order valence-corrected chi connectivity index (χ1v) is 8.81. The van der Waals surface area contributed by atoms with Gasteiger partial charge in [-0.25, -0.2) is 0 Å². The summed E-state index contributed by atoms with van der Waals surface area (Å²) in [6.45, 7) is 1.25. The monoisotopic (exact) mass is 344 g/mol. The van der Waals surface area contributed by atoms with Gasteiger partial charge >= 0.3 is 20.5 Å². The molecule has 0 aliphatic carbocycles. The van der Waals surface area contributed by atoms with E-state index < -0.39 is 41.9 Å². The number of benzene rings is 1. The molecular formula is C8H10NO8S3-. The van der Waals surface area contributed by atoms with Gasteiger partial charge in [-0.2, -0.15) is 16.8 Å². The van der Waals surface area contributed by atoms with Gasteiger partial charge in [0, 0.05) is 0 Å². The second-order valence-electron chi connectivity index (χ2n) is 3.49. The van der Waals surface area contributed by atoms with E-state index in [2.05, 4.69) is 8.95 Å². The number of hydrogen-bond donors (Lipinski definition) is 2. The van der Waals surface area contributed by atoms with Gasteiger partial charge in [0.1, 0.15) is 4.90 Å². The molecule has 0 aromatic heterocycles. The molecule has 0 saturated carbocycles. The van der Waals surface area contributed by atoms with E-state index in [1.54, 1.807) is 0 Å². The molecule has 2 N–H and O–H groups in total. The molecule has 0 aliphatic heterocycles. The van der Waals surface area contributed by atoms with Gasteiger partial charge in [-0.3, -0.25) is 8.76 Å². The Bertz CT molecular complexity index is 711. The SMILES string of the molecule is CC(Nc1ccccc1S(=O)(=O)OS(=O)(=O)O)S(=O)[O-]. The summed E-state index contributed by atoms with van der Waals surface area (Å²) >= 11 is -2.53. The number of hydrogen-bond acceptors (Lipinski definition) is 8. The fraction of sp³-hybridized carbons (Fsp3) is 0.250. The summed E-state index contributed by atoms with van der Waals surface area (Å²) in [5, 5.41) is 1.23. The zero-order valence-corrected chi connectivity index (χ0v) is 12.4. The molecule has 20 heavy (non-hydrogen) atoms. The van der Waals surface area contributed by atoms with Crippen LogP contribution in [0.1, 0.15) is 6.92 Å². The molecule has 0 saturated heterocycles. The average Bonchev–Trinajstić information content (AvgIpc) is 2.26. The molecule has 2 atom stereocenters. The third-order valence-corrected chi connectivity index (χ3v) is 4.97. The average molecular weight is 344 g/mol. The van der Waals surface area contributed by atoms with Crippen molar-refractivity contribution in [3.05, 3.63) is 24.3 Å². The molecule has 0 fully saturated rings. The minimum absolute atomic E-state index is 0.187. The second-order valence-corrected chi connectivity index (χ2v) is 7.47. The summed E-state index contributed by atoms with van der Waals surface area (Å²) in [7, 11) is -10.1. The van der Waals surface area contributed by atoms with Crippen LogP contribution in [0.25, 0.3) is 0 Å². The summed E-state index contributed by atoms with van der Waals surface area (Å²) in [6, 6.07) is 4.87. The molecule has 0 radical (unpaired) electrons. The van der Waals surface area contributed by atoms with Gasteiger partial charge in [0.25, 0.3) is 0 Å². The normalized spacial score (nSPS) is 15.6. The van der Waals surface area contributed by atoms with Crippen molar-refractivity contribution in [2.45, 2.75) is 17.2 Å². The minimum atomic E-state index is -5.23. The molecule has 2 unspecified atom stereocenters. The topological polar surface area (TPSA) is 150 Å². The maximum Gasteiger partial charge on any atom is 0.412 e. The molecule has 1 aromatic carbocycles. The molecule has 0 spiro atoms. The highest BCUT2D eigenvalue weighted by Gasteiger charge is 2.26. The van der Waals surface area contributed by atoms with Gasteiger partial charge < -0.3 is 9.87 Å². The Labute approximate surface area is 118 Å². The lowest BCUT2D eigenvalue weighted by molar-refractivity contribution is 0.383. The predicted molar refractivity (Wildman–Crippen MR) is 68.3 cm³/mol. The number of rotatable bonds is 6. The Hall–Kier alpha value is -1.05. The lowest BCUT2D eigenvalue weighted by Crippen LogP contribution is -2.22. The molecule has 0 heterocycles. The molecule has 9 nitrogen and oxygen atoms in total. The van der Waals surface area contributed by atoms with Crippen molar-refractivity contribution in [1.29, 1.82) is 0 Å². The van der Waals surface area contributed by atoms with Gasteiger partial charge in [-0.05, 0) is 30.1 Å². The van der Waals surface area contributed by atoms with E-state index in [0.717, 1.165) is 6.07 Å². The van der Waals surface area contributed by atoms with Gasteiger partial charge in [-0.1, -0.05) is 12.1 Å². The van der Waals surface area contributed by atoms with Crippen molar-refractivity contribution in [1.82, 2.24) is 0 Å². The van der Waals surface area contributed by atoms with Crippen molar-refractivity contribution >= 4 is 37.3 Å². The molecule has 0 aliphatic rings. The molecule has 12 heteroatoms. The Morgan fingerprint density at radius 3 is 2.35 bits per heavy atom. The van der Waals surface area contributed by atoms with Gasteiger partial charge in [-0.15, -0.1) is 3.63 Å². The smallest absolute Gasteiger partial charge is 0.412 e. The van der Waals surface area contributed by atoms with Gasteiger partial charge in [0.15, 0.2) is 0 Å². The highest BCUT2D eigenvalue weighted by molar-refractivity contribution is 7.97. The van der Waals surface area contributed by atoms with E-state index in [1.807, 2.05) is 0 Å². The van der Waals surface area contributed by atoms with E-state index in [4.69, 9.17) is 4.55 Å². The number of para-hydroxylation sites is 1. The summed E-state index contributed by atoms with van der Waals surface area (Å²) in [6.07, 6.45) is 0. The zero-order valence-electron chi connectivity index (χ0n) is 9.92.